The van der Waals surface area contributed by atoms with Crippen LogP contribution in [0.2, 0.25) is 10.3 Å². The van der Waals surface area contributed by atoms with Crippen LogP contribution in [-0.2, 0) is 16.1 Å². The third-order valence-corrected chi connectivity index (χ3v) is 3.48. The first-order valence-corrected chi connectivity index (χ1v) is 7.05. The van der Waals surface area contributed by atoms with Crippen LogP contribution in [0.4, 0.5) is 0 Å². The predicted octanol–water partition coefficient (Wildman–Crippen LogP) is 1.68. The number of likely N-dealkylation sites (N-methyl/N-ethyl adjacent to an activating group) is 1. The van der Waals surface area contributed by atoms with E-state index in [-0.39, 0.29) is 18.6 Å². The first-order valence-electron chi connectivity index (χ1n) is 6.30. The highest BCUT2D eigenvalue weighted by Crippen LogP contribution is 2.20. The summed E-state index contributed by atoms with van der Waals surface area (Å²) in [5.74, 6) is -0.0175. The Kier molecular flexibility index (Phi) is 5.21. The van der Waals surface area contributed by atoms with E-state index >= 15 is 0 Å². The zero-order chi connectivity index (χ0) is 14.7. The number of likely N-dealkylation sites (tertiary alicyclic amines) is 1. The number of hydrogen-bond donors (Lipinski definition) is 0. The average molecular weight is 318 g/mol. The second-order valence-corrected chi connectivity index (χ2v) is 5.81. The summed E-state index contributed by atoms with van der Waals surface area (Å²) in [6.45, 7) is 2.50. The van der Waals surface area contributed by atoms with Gasteiger partial charge in [-0.05, 0) is 17.7 Å². The first-order chi connectivity index (χ1) is 9.44. The number of rotatable bonds is 5. The first kappa shape index (κ1) is 15.5. The Morgan fingerprint density at radius 2 is 2.00 bits per heavy atom. The van der Waals surface area contributed by atoms with Crippen molar-refractivity contribution in [3.8, 4) is 0 Å². The number of nitrogens with zero attached hydrogens (tertiary/aromatic N) is 3. The van der Waals surface area contributed by atoms with Crippen LogP contribution in [0.5, 0.6) is 0 Å². The summed E-state index contributed by atoms with van der Waals surface area (Å²) < 4.78 is 5.52. The molecule has 0 spiro atoms. The molecule has 2 rings (SSSR count). The number of carbonyl (C=O) groups excluding carboxylic acids is 1. The van der Waals surface area contributed by atoms with Crippen molar-refractivity contribution >= 4 is 29.1 Å². The predicted molar refractivity (Wildman–Crippen MR) is 78.0 cm³/mol. The Bertz CT molecular complexity index is 470. The van der Waals surface area contributed by atoms with E-state index in [2.05, 4.69) is 9.88 Å². The molecule has 0 unspecified atom stereocenters. The number of hydrogen-bond acceptors (Lipinski definition) is 4. The maximum atomic E-state index is 11.4. The molecule has 1 saturated heterocycles. The van der Waals surface area contributed by atoms with Crippen LogP contribution < -0.4 is 0 Å². The molecule has 5 nitrogen and oxygen atoms in total. The van der Waals surface area contributed by atoms with E-state index in [0.29, 0.717) is 10.3 Å². The van der Waals surface area contributed by atoms with E-state index in [0.717, 1.165) is 25.2 Å². The summed E-state index contributed by atoms with van der Waals surface area (Å²) in [5.41, 5.74) is 1.03. The molecule has 20 heavy (non-hydrogen) atoms. The lowest BCUT2D eigenvalue weighted by atomic mass is 10.1. The lowest BCUT2D eigenvalue weighted by Crippen LogP contribution is -2.52. The standard InChI is InChI=1S/C13H17Cl2N3O2/c1-17(2)13(19)8-20-10-6-18(7-10)5-9-3-11(14)16-12(15)4-9/h3-4,10H,5-8H2,1-2H3. The van der Waals surface area contributed by atoms with E-state index in [1.807, 2.05) is 0 Å². The van der Waals surface area contributed by atoms with Crippen LogP contribution in [0.3, 0.4) is 0 Å². The number of ether oxygens (including phenoxy) is 1. The Morgan fingerprint density at radius 3 is 2.55 bits per heavy atom. The fourth-order valence-electron chi connectivity index (χ4n) is 1.94. The van der Waals surface area contributed by atoms with Crippen molar-refractivity contribution in [2.75, 3.05) is 33.8 Å². The summed E-state index contributed by atoms with van der Waals surface area (Å²) in [6, 6.07) is 3.61. The Balaban J connectivity index is 1.73. The van der Waals surface area contributed by atoms with E-state index in [1.54, 1.807) is 26.2 Å². The molecule has 0 bridgehead atoms. The van der Waals surface area contributed by atoms with Gasteiger partial charge in [0.1, 0.15) is 16.9 Å². The number of aromatic nitrogens is 1. The number of pyridine rings is 1. The van der Waals surface area contributed by atoms with Gasteiger partial charge in [0, 0.05) is 33.7 Å². The third kappa shape index (κ3) is 4.31. The topological polar surface area (TPSA) is 45.7 Å². The second-order valence-electron chi connectivity index (χ2n) is 5.04. The molecule has 0 saturated carbocycles. The van der Waals surface area contributed by atoms with Gasteiger partial charge in [0.05, 0.1) is 6.10 Å². The fraction of sp³-hybridized carbons (Fsp3) is 0.538. The molecule has 0 aromatic carbocycles. The van der Waals surface area contributed by atoms with Crippen molar-refractivity contribution in [3.05, 3.63) is 28.0 Å². The molecule has 0 N–H and O–H groups in total. The summed E-state index contributed by atoms with van der Waals surface area (Å²) in [7, 11) is 3.44. The normalized spacial score (nSPS) is 16.0. The molecule has 1 aromatic rings. The third-order valence-electron chi connectivity index (χ3n) is 3.09. The van der Waals surface area contributed by atoms with Gasteiger partial charge in [-0.15, -0.1) is 0 Å². The minimum Gasteiger partial charge on any atom is -0.366 e. The molecule has 7 heteroatoms. The maximum absolute atomic E-state index is 11.4. The largest absolute Gasteiger partial charge is 0.366 e. The van der Waals surface area contributed by atoms with Crippen LogP contribution in [0.1, 0.15) is 5.56 Å². The minimum absolute atomic E-state index is 0.0175. The zero-order valence-corrected chi connectivity index (χ0v) is 13.0. The van der Waals surface area contributed by atoms with E-state index < -0.39 is 0 Å². The SMILES string of the molecule is CN(C)C(=O)COC1CN(Cc2cc(Cl)nc(Cl)c2)C1. The van der Waals surface area contributed by atoms with Gasteiger partial charge in [-0.1, -0.05) is 23.2 Å². The average Bonchev–Trinajstić information content (AvgIpc) is 2.29. The summed E-state index contributed by atoms with van der Waals surface area (Å²) >= 11 is 11.7. The van der Waals surface area contributed by atoms with Crippen molar-refractivity contribution in [2.45, 2.75) is 12.6 Å². The lowest BCUT2D eigenvalue weighted by Gasteiger charge is -2.38. The number of halogens is 2. The quantitative estimate of drug-likeness (QED) is 0.775. The smallest absolute Gasteiger partial charge is 0.248 e. The van der Waals surface area contributed by atoms with Gasteiger partial charge in [0.25, 0.3) is 0 Å². The molecule has 1 aromatic heterocycles. The van der Waals surface area contributed by atoms with Crippen LogP contribution in [0.25, 0.3) is 0 Å². The van der Waals surface area contributed by atoms with E-state index in [4.69, 9.17) is 27.9 Å². The molecular weight excluding hydrogens is 301 g/mol. The van der Waals surface area contributed by atoms with Gasteiger partial charge >= 0.3 is 0 Å². The molecule has 1 fully saturated rings. The fourth-order valence-corrected chi connectivity index (χ4v) is 2.44. The van der Waals surface area contributed by atoms with Crippen molar-refractivity contribution in [2.24, 2.45) is 0 Å². The summed E-state index contributed by atoms with van der Waals surface area (Å²) in [6.07, 6.45) is 0.117. The van der Waals surface area contributed by atoms with Crippen LogP contribution in [-0.4, -0.2) is 60.6 Å². The molecule has 1 amide bonds. The zero-order valence-electron chi connectivity index (χ0n) is 11.5. The van der Waals surface area contributed by atoms with Crippen LogP contribution in [0.15, 0.2) is 12.1 Å². The minimum atomic E-state index is -0.0175. The van der Waals surface area contributed by atoms with Gasteiger partial charge < -0.3 is 9.64 Å². The van der Waals surface area contributed by atoms with Crippen LogP contribution >= 0.6 is 23.2 Å². The molecule has 0 atom stereocenters. The van der Waals surface area contributed by atoms with Gasteiger partial charge in [0.2, 0.25) is 5.91 Å². The lowest BCUT2D eigenvalue weighted by molar-refractivity contribution is -0.140. The van der Waals surface area contributed by atoms with Gasteiger partial charge in [-0.3, -0.25) is 9.69 Å². The highest BCUT2D eigenvalue weighted by atomic mass is 35.5. The van der Waals surface area contributed by atoms with Crippen molar-refractivity contribution in [3.63, 3.8) is 0 Å². The molecule has 110 valence electrons. The number of amides is 1. The van der Waals surface area contributed by atoms with E-state index in [1.165, 1.54) is 4.90 Å². The molecule has 0 aliphatic carbocycles. The van der Waals surface area contributed by atoms with Crippen molar-refractivity contribution in [1.82, 2.24) is 14.8 Å². The van der Waals surface area contributed by atoms with Crippen LogP contribution in [0, 0.1) is 0 Å². The highest BCUT2D eigenvalue weighted by molar-refractivity contribution is 6.32. The Labute approximate surface area is 128 Å². The van der Waals surface area contributed by atoms with Gasteiger partial charge in [-0.25, -0.2) is 4.98 Å². The van der Waals surface area contributed by atoms with Gasteiger partial charge in [0.15, 0.2) is 0 Å². The molecule has 1 aliphatic rings. The Hall–Kier alpha value is -0.880. The van der Waals surface area contributed by atoms with Crippen molar-refractivity contribution < 1.29 is 9.53 Å². The van der Waals surface area contributed by atoms with E-state index in [9.17, 15) is 4.79 Å². The number of carbonyl (C=O) groups is 1. The highest BCUT2D eigenvalue weighted by Gasteiger charge is 2.28. The molecule has 2 heterocycles. The second kappa shape index (κ2) is 6.72. The van der Waals surface area contributed by atoms with Crippen molar-refractivity contribution in [1.29, 1.82) is 0 Å². The molecule has 0 radical (unpaired) electrons. The summed E-state index contributed by atoms with van der Waals surface area (Å²) in [4.78, 5) is 19.0. The Morgan fingerprint density at radius 1 is 1.40 bits per heavy atom. The molecule has 1 aliphatic heterocycles. The monoisotopic (exact) mass is 317 g/mol. The van der Waals surface area contributed by atoms with Gasteiger partial charge in [-0.2, -0.15) is 0 Å². The summed E-state index contributed by atoms with van der Waals surface area (Å²) in [5, 5.41) is 0.801. The molecular formula is C13H17Cl2N3O2. The maximum Gasteiger partial charge on any atom is 0.248 e.